The van der Waals surface area contributed by atoms with Gasteiger partial charge in [0.2, 0.25) is 0 Å². The van der Waals surface area contributed by atoms with Gasteiger partial charge in [-0.25, -0.2) is 14.2 Å². The molecule has 0 aliphatic rings. The molecule has 108 valence electrons. The molecular weight excluding hydrogens is 349 g/mol. The summed E-state index contributed by atoms with van der Waals surface area (Å²) in [5.74, 6) is -1.92. The molecule has 9 heteroatoms. The van der Waals surface area contributed by atoms with Crippen LogP contribution in [0.5, 0.6) is 0 Å². The average Bonchev–Trinajstić information content (AvgIpc) is 2.41. The molecule has 0 aliphatic carbocycles. The van der Waals surface area contributed by atoms with Crippen molar-refractivity contribution >= 4 is 39.1 Å². The number of aromatic carboxylic acids is 1. The quantitative estimate of drug-likeness (QED) is 0.643. The van der Waals surface area contributed by atoms with Gasteiger partial charge in [-0.05, 0) is 34.1 Å². The Morgan fingerprint density at radius 3 is 2.71 bits per heavy atom. The Kier molecular flexibility index (Phi) is 4.13. The summed E-state index contributed by atoms with van der Waals surface area (Å²) >= 11 is 3.12. The van der Waals surface area contributed by atoms with Crippen molar-refractivity contribution in [3.05, 3.63) is 56.4 Å². The van der Waals surface area contributed by atoms with Crippen molar-refractivity contribution in [2.75, 3.05) is 5.32 Å². The third-order valence-electron chi connectivity index (χ3n) is 2.50. The fourth-order valence-corrected chi connectivity index (χ4v) is 1.98. The van der Waals surface area contributed by atoms with Crippen LogP contribution in [-0.2, 0) is 0 Å². The number of carbonyl (C=O) groups is 1. The first-order valence-electron chi connectivity index (χ1n) is 5.48. The SMILES string of the molecule is O=C(O)c1cc([N+](=O)[O-])cnc1Nc1ccc(F)cc1Br. The van der Waals surface area contributed by atoms with Gasteiger partial charge in [-0.15, -0.1) is 0 Å². The molecular formula is C12H7BrFN3O4. The molecule has 1 heterocycles. The lowest BCUT2D eigenvalue weighted by Gasteiger charge is -2.10. The minimum absolute atomic E-state index is 0.0830. The number of nitrogens with zero attached hydrogens (tertiary/aromatic N) is 2. The molecule has 2 aromatic rings. The Morgan fingerprint density at radius 1 is 1.43 bits per heavy atom. The molecule has 0 bridgehead atoms. The fraction of sp³-hybridized carbons (Fsp3) is 0. The van der Waals surface area contributed by atoms with Gasteiger partial charge in [0.25, 0.3) is 5.69 Å². The number of carboxylic acids is 1. The number of anilines is 2. The lowest BCUT2D eigenvalue weighted by atomic mass is 10.2. The second-order valence-electron chi connectivity index (χ2n) is 3.90. The summed E-state index contributed by atoms with van der Waals surface area (Å²) < 4.78 is 13.4. The first-order valence-corrected chi connectivity index (χ1v) is 6.27. The number of aromatic nitrogens is 1. The third kappa shape index (κ3) is 3.31. The Morgan fingerprint density at radius 2 is 2.14 bits per heavy atom. The smallest absolute Gasteiger partial charge is 0.339 e. The molecule has 0 unspecified atom stereocenters. The van der Waals surface area contributed by atoms with Crippen molar-refractivity contribution in [2.45, 2.75) is 0 Å². The van der Waals surface area contributed by atoms with Crippen LogP contribution < -0.4 is 5.32 Å². The molecule has 2 N–H and O–H groups in total. The van der Waals surface area contributed by atoms with Crippen molar-refractivity contribution in [2.24, 2.45) is 0 Å². The molecule has 2 rings (SSSR count). The number of rotatable bonds is 4. The Bertz CT molecular complexity index is 738. The number of hydrogen-bond donors (Lipinski definition) is 2. The molecule has 0 fully saturated rings. The van der Waals surface area contributed by atoms with Crippen LogP contribution in [0.25, 0.3) is 0 Å². The van der Waals surface area contributed by atoms with E-state index in [1.54, 1.807) is 0 Å². The zero-order valence-electron chi connectivity index (χ0n) is 10.2. The minimum Gasteiger partial charge on any atom is -0.478 e. The monoisotopic (exact) mass is 355 g/mol. The van der Waals surface area contributed by atoms with Gasteiger partial charge in [-0.3, -0.25) is 10.1 Å². The third-order valence-corrected chi connectivity index (χ3v) is 3.15. The summed E-state index contributed by atoms with van der Waals surface area (Å²) in [6, 6.07) is 4.65. The van der Waals surface area contributed by atoms with E-state index >= 15 is 0 Å². The van der Waals surface area contributed by atoms with Crippen molar-refractivity contribution < 1.29 is 19.2 Å². The highest BCUT2D eigenvalue weighted by molar-refractivity contribution is 9.10. The van der Waals surface area contributed by atoms with E-state index in [-0.39, 0.29) is 11.4 Å². The lowest BCUT2D eigenvalue weighted by Crippen LogP contribution is -2.06. The Balaban J connectivity index is 2.44. The molecule has 0 atom stereocenters. The van der Waals surface area contributed by atoms with E-state index in [4.69, 9.17) is 5.11 Å². The van der Waals surface area contributed by atoms with Crippen molar-refractivity contribution in [1.82, 2.24) is 4.98 Å². The standard InChI is InChI=1S/C12H7BrFN3O4/c13-9-3-6(14)1-2-10(9)16-11-8(12(18)19)4-7(5-15-11)17(20)21/h1-5H,(H,15,16)(H,18,19). The molecule has 0 saturated carbocycles. The maximum atomic E-state index is 13.0. The van der Waals surface area contributed by atoms with Crippen molar-refractivity contribution in [3.8, 4) is 0 Å². The van der Waals surface area contributed by atoms with E-state index in [0.29, 0.717) is 10.2 Å². The molecule has 0 aliphatic heterocycles. The van der Waals surface area contributed by atoms with Crippen LogP contribution in [0, 0.1) is 15.9 Å². The zero-order chi connectivity index (χ0) is 15.6. The summed E-state index contributed by atoms with van der Waals surface area (Å²) in [5.41, 5.74) is -0.420. The number of hydrogen-bond acceptors (Lipinski definition) is 5. The van der Waals surface area contributed by atoms with Crippen LogP contribution in [0.3, 0.4) is 0 Å². The van der Waals surface area contributed by atoms with Gasteiger partial charge in [0.1, 0.15) is 23.4 Å². The largest absolute Gasteiger partial charge is 0.478 e. The number of halogens is 2. The van der Waals surface area contributed by atoms with E-state index in [1.807, 2.05) is 0 Å². The fourth-order valence-electron chi connectivity index (χ4n) is 1.53. The van der Waals surface area contributed by atoms with Crippen LogP contribution >= 0.6 is 15.9 Å². The average molecular weight is 356 g/mol. The van der Waals surface area contributed by atoms with Gasteiger partial charge < -0.3 is 10.4 Å². The first kappa shape index (κ1) is 14.9. The number of carboxylic acid groups (broad SMARTS) is 1. The summed E-state index contributed by atoms with van der Waals surface area (Å²) in [7, 11) is 0. The van der Waals surface area contributed by atoms with Crippen LogP contribution in [0.4, 0.5) is 21.6 Å². The maximum absolute atomic E-state index is 13.0. The second-order valence-corrected chi connectivity index (χ2v) is 4.76. The highest BCUT2D eigenvalue weighted by Gasteiger charge is 2.18. The lowest BCUT2D eigenvalue weighted by molar-refractivity contribution is -0.385. The van der Waals surface area contributed by atoms with E-state index in [0.717, 1.165) is 12.3 Å². The number of pyridine rings is 1. The van der Waals surface area contributed by atoms with Gasteiger partial charge in [-0.2, -0.15) is 0 Å². The normalized spacial score (nSPS) is 10.2. The molecule has 1 aromatic heterocycles. The van der Waals surface area contributed by atoms with Crippen LogP contribution in [-0.4, -0.2) is 21.0 Å². The molecule has 7 nitrogen and oxygen atoms in total. The van der Waals surface area contributed by atoms with Crippen LogP contribution in [0.15, 0.2) is 34.9 Å². The highest BCUT2D eigenvalue weighted by atomic mass is 79.9. The van der Waals surface area contributed by atoms with E-state index in [9.17, 15) is 19.3 Å². The molecule has 21 heavy (non-hydrogen) atoms. The Hall–Kier alpha value is -2.55. The molecule has 0 saturated heterocycles. The van der Waals surface area contributed by atoms with Gasteiger partial charge >= 0.3 is 5.97 Å². The minimum atomic E-state index is -1.37. The van der Waals surface area contributed by atoms with E-state index < -0.39 is 22.4 Å². The zero-order valence-corrected chi connectivity index (χ0v) is 11.8. The first-order chi connectivity index (χ1) is 9.88. The highest BCUT2D eigenvalue weighted by Crippen LogP contribution is 2.28. The second kappa shape index (κ2) is 5.83. The topological polar surface area (TPSA) is 105 Å². The van der Waals surface area contributed by atoms with Crippen LogP contribution in [0.1, 0.15) is 10.4 Å². The number of benzene rings is 1. The van der Waals surface area contributed by atoms with Gasteiger partial charge in [0, 0.05) is 10.5 Å². The van der Waals surface area contributed by atoms with Crippen LogP contribution in [0.2, 0.25) is 0 Å². The summed E-state index contributed by atoms with van der Waals surface area (Å²) in [4.78, 5) is 24.8. The number of nitrogens with one attached hydrogen (secondary N) is 1. The van der Waals surface area contributed by atoms with E-state index in [1.165, 1.54) is 18.2 Å². The molecule has 1 aromatic carbocycles. The van der Waals surface area contributed by atoms with Gasteiger partial charge in [0.15, 0.2) is 0 Å². The number of nitro groups is 1. The van der Waals surface area contributed by atoms with Gasteiger partial charge in [-0.1, -0.05) is 0 Å². The van der Waals surface area contributed by atoms with Gasteiger partial charge in [0.05, 0.1) is 10.6 Å². The molecule has 0 spiro atoms. The molecule has 0 amide bonds. The predicted octanol–water partition coefficient (Wildman–Crippen LogP) is 3.33. The van der Waals surface area contributed by atoms with Crippen molar-refractivity contribution in [3.63, 3.8) is 0 Å². The van der Waals surface area contributed by atoms with E-state index in [2.05, 4.69) is 26.2 Å². The summed E-state index contributed by atoms with van der Waals surface area (Å²) in [6.45, 7) is 0. The summed E-state index contributed by atoms with van der Waals surface area (Å²) in [6.07, 6.45) is 0.937. The van der Waals surface area contributed by atoms with Crippen molar-refractivity contribution in [1.29, 1.82) is 0 Å². The molecule has 0 radical (unpaired) electrons. The maximum Gasteiger partial charge on any atom is 0.339 e. The summed E-state index contributed by atoms with van der Waals surface area (Å²) in [5, 5.41) is 22.4. The Labute approximate surface area is 125 Å². The predicted molar refractivity (Wildman–Crippen MR) is 75.2 cm³/mol.